The number of benzene rings is 1. The van der Waals surface area contributed by atoms with Gasteiger partial charge >= 0.3 is 0 Å². The second kappa shape index (κ2) is 5.85. The first-order chi connectivity index (χ1) is 9.06. The fourth-order valence-corrected chi connectivity index (χ4v) is 2.00. The maximum absolute atomic E-state index is 5.97. The summed E-state index contributed by atoms with van der Waals surface area (Å²) in [5.74, 6) is 0.858. The Hall–Kier alpha value is -1.87. The van der Waals surface area contributed by atoms with Crippen LogP contribution in [0.3, 0.4) is 0 Å². The van der Waals surface area contributed by atoms with Crippen molar-refractivity contribution in [3.63, 3.8) is 0 Å². The molecule has 3 nitrogen and oxygen atoms in total. The van der Waals surface area contributed by atoms with Gasteiger partial charge in [-0.05, 0) is 44.0 Å². The molecule has 0 saturated heterocycles. The van der Waals surface area contributed by atoms with Gasteiger partial charge in [0.2, 0.25) is 0 Å². The predicted octanol–water partition coefficient (Wildman–Crippen LogP) is 3.30. The second-order valence-electron chi connectivity index (χ2n) is 4.99. The summed E-state index contributed by atoms with van der Waals surface area (Å²) in [6.45, 7) is 6.55. The Morgan fingerprint density at radius 3 is 2.63 bits per heavy atom. The van der Waals surface area contributed by atoms with Gasteiger partial charge in [-0.3, -0.25) is 4.98 Å². The number of nitrogens with zero attached hydrogens (tertiary/aromatic N) is 1. The van der Waals surface area contributed by atoms with Crippen molar-refractivity contribution in [1.82, 2.24) is 4.98 Å². The zero-order valence-electron chi connectivity index (χ0n) is 11.7. The molecule has 1 atom stereocenters. The zero-order valence-corrected chi connectivity index (χ0v) is 11.7. The smallest absolute Gasteiger partial charge is 0.124 e. The van der Waals surface area contributed by atoms with Crippen LogP contribution in [0.2, 0.25) is 0 Å². The van der Waals surface area contributed by atoms with Crippen LogP contribution >= 0.6 is 0 Å². The third-order valence-corrected chi connectivity index (χ3v) is 2.99. The molecule has 0 unspecified atom stereocenters. The highest BCUT2D eigenvalue weighted by Crippen LogP contribution is 2.25. The number of hydrogen-bond acceptors (Lipinski definition) is 3. The number of pyridine rings is 1. The molecule has 0 spiro atoms. The summed E-state index contributed by atoms with van der Waals surface area (Å²) in [5, 5.41) is 0. The molecular formula is C16H20N2O. The zero-order chi connectivity index (χ0) is 13.8. The minimum atomic E-state index is -0.0359. The van der Waals surface area contributed by atoms with E-state index in [2.05, 4.69) is 17.1 Å². The molecule has 0 fully saturated rings. The average Bonchev–Trinajstić information content (AvgIpc) is 2.36. The summed E-state index contributed by atoms with van der Waals surface area (Å²) in [4.78, 5) is 4.17. The molecule has 19 heavy (non-hydrogen) atoms. The van der Waals surface area contributed by atoms with E-state index in [1.54, 1.807) is 0 Å². The lowest BCUT2D eigenvalue weighted by Gasteiger charge is -2.15. The van der Waals surface area contributed by atoms with Crippen molar-refractivity contribution in [1.29, 1.82) is 0 Å². The molecule has 0 aliphatic rings. The molecule has 2 aromatic rings. The molecule has 0 bridgehead atoms. The lowest BCUT2D eigenvalue weighted by molar-refractivity contribution is 0.301. The summed E-state index contributed by atoms with van der Waals surface area (Å²) in [5.41, 5.74) is 10.4. The minimum absolute atomic E-state index is 0.0359. The molecule has 1 aromatic carbocycles. The third kappa shape index (κ3) is 3.55. The first-order valence-electron chi connectivity index (χ1n) is 6.45. The highest BCUT2D eigenvalue weighted by atomic mass is 16.5. The van der Waals surface area contributed by atoms with Crippen molar-refractivity contribution in [2.75, 3.05) is 0 Å². The van der Waals surface area contributed by atoms with Gasteiger partial charge < -0.3 is 10.5 Å². The van der Waals surface area contributed by atoms with E-state index in [0.717, 1.165) is 22.4 Å². The molecule has 2 N–H and O–H groups in total. The van der Waals surface area contributed by atoms with Crippen LogP contribution in [0.15, 0.2) is 36.7 Å². The molecule has 3 heteroatoms. The topological polar surface area (TPSA) is 48.1 Å². The Balaban J connectivity index is 2.17. The second-order valence-corrected chi connectivity index (χ2v) is 4.99. The fourth-order valence-electron chi connectivity index (χ4n) is 2.00. The van der Waals surface area contributed by atoms with E-state index < -0.39 is 0 Å². The Morgan fingerprint density at radius 1 is 1.16 bits per heavy atom. The lowest BCUT2D eigenvalue weighted by Crippen LogP contribution is -2.08. The van der Waals surface area contributed by atoms with Crippen LogP contribution in [0.25, 0.3) is 0 Å². The molecule has 1 heterocycles. The van der Waals surface area contributed by atoms with Gasteiger partial charge in [0.25, 0.3) is 0 Å². The maximum Gasteiger partial charge on any atom is 0.124 e. The van der Waals surface area contributed by atoms with Gasteiger partial charge in [0.15, 0.2) is 0 Å². The number of aryl methyl sites for hydroxylation is 2. The molecule has 0 saturated carbocycles. The Morgan fingerprint density at radius 2 is 1.95 bits per heavy atom. The number of aromatic nitrogens is 1. The maximum atomic E-state index is 5.97. The minimum Gasteiger partial charge on any atom is -0.488 e. The van der Waals surface area contributed by atoms with Gasteiger partial charge in [0.1, 0.15) is 12.4 Å². The molecule has 0 amide bonds. The van der Waals surface area contributed by atoms with E-state index in [9.17, 15) is 0 Å². The molecular weight excluding hydrogens is 236 g/mol. The summed E-state index contributed by atoms with van der Waals surface area (Å²) in [6, 6.07) is 8.16. The Kier molecular flexibility index (Phi) is 4.17. The largest absolute Gasteiger partial charge is 0.488 e. The lowest BCUT2D eigenvalue weighted by atomic mass is 10.1. The van der Waals surface area contributed by atoms with Crippen LogP contribution in [0.5, 0.6) is 5.75 Å². The van der Waals surface area contributed by atoms with E-state index >= 15 is 0 Å². The van der Waals surface area contributed by atoms with E-state index in [4.69, 9.17) is 10.5 Å². The molecule has 0 aliphatic heterocycles. The summed E-state index contributed by atoms with van der Waals surface area (Å²) in [7, 11) is 0. The van der Waals surface area contributed by atoms with E-state index in [0.29, 0.717) is 6.61 Å². The van der Waals surface area contributed by atoms with Gasteiger partial charge in [-0.25, -0.2) is 0 Å². The van der Waals surface area contributed by atoms with Crippen molar-refractivity contribution < 1.29 is 4.74 Å². The highest BCUT2D eigenvalue weighted by Gasteiger charge is 2.08. The van der Waals surface area contributed by atoms with Crippen molar-refractivity contribution in [2.45, 2.75) is 33.4 Å². The van der Waals surface area contributed by atoms with Crippen LogP contribution in [0, 0.1) is 13.8 Å². The van der Waals surface area contributed by atoms with Crippen molar-refractivity contribution in [2.24, 2.45) is 5.73 Å². The molecule has 1 aromatic heterocycles. The van der Waals surface area contributed by atoms with Gasteiger partial charge in [0, 0.05) is 29.6 Å². The van der Waals surface area contributed by atoms with Crippen LogP contribution in [-0.4, -0.2) is 4.98 Å². The van der Waals surface area contributed by atoms with Crippen molar-refractivity contribution in [3.8, 4) is 5.75 Å². The van der Waals surface area contributed by atoms with Gasteiger partial charge in [-0.2, -0.15) is 0 Å². The third-order valence-electron chi connectivity index (χ3n) is 2.99. The first kappa shape index (κ1) is 13.6. The highest BCUT2D eigenvalue weighted by molar-refractivity contribution is 5.39. The molecule has 2 rings (SSSR count). The van der Waals surface area contributed by atoms with E-state index in [1.165, 1.54) is 5.56 Å². The number of nitrogens with two attached hydrogens (primary N) is 1. The Labute approximate surface area is 114 Å². The van der Waals surface area contributed by atoms with Crippen LogP contribution in [0.4, 0.5) is 0 Å². The summed E-state index contributed by atoms with van der Waals surface area (Å²) >= 11 is 0. The quantitative estimate of drug-likeness (QED) is 0.913. The van der Waals surface area contributed by atoms with E-state index in [1.807, 2.05) is 45.3 Å². The normalized spacial score (nSPS) is 12.2. The van der Waals surface area contributed by atoms with Crippen molar-refractivity contribution in [3.05, 3.63) is 58.9 Å². The standard InChI is InChI=1S/C16H20N2O/c1-11-4-5-15(13(3)17)16(7-11)19-10-14-6-12(2)8-18-9-14/h4-9,13H,10,17H2,1-3H3/t13-/m1/s1. The van der Waals surface area contributed by atoms with Gasteiger partial charge in [-0.1, -0.05) is 12.1 Å². The number of ether oxygens (including phenoxy) is 1. The predicted molar refractivity (Wildman–Crippen MR) is 77.1 cm³/mol. The van der Waals surface area contributed by atoms with E-state index in [-0.39, 0.29) is 6.04 Å². The van der Waals surface area contributed by atoms with Gasteiger partial charge in [0.05, 0.1) is 0 Å². The first-order valence-corrected chi connectivity index (χ1v) is 6.45. The average molecular weight is 256 g/mol. The number of hydrogen-bond donors (Lipinski definition) is 1. The summed E-state index contributed by atoms with van der Waals surface area (Å²) in [6.07, 6.45) is 3.66. The molecule has 100 valence electrons. The number of rotatable bonds is 4. The van der Waals surface area contributed by atoms with Gasteiger partial charge in [-0.15, -0.1) is 0 Å². The SMILES string of the molecule is Cc1cncc(COc2cc(C)ccc2[C@@H](C)N)c1. The molecule has 0 radical (unpaired) electrons. The van der Waals surface area contributed by atoms with Crippen LogP contribution in [-0.2, 0) is 6.61 Å². The van der Waals surface area contributed by atoms with Crippen molar-refractivity contribution >= 4 is 0 Å². The molecule has 0 aliphatic carbocycles. The van der Waals surface area contributed by atoms with Crippen LogP contribution in [0.1, 0.15) is 35.2 Å². The monoisotopic (exact) mass is 256 g/mol. The Bertz CT molecular complexity index is 564. The summed E-state index contributed by atoms with van der Waals surface area (Å²) < 4.78 is 5.90. The fraction of sp³-hybridized carbons (Fsp3) is 0.312. The van der Waals surface area contributed by atoms with Crippen LogP contribution < -0.4 is 10.5 Å².